The summed E-state index contributed by atoms with van der Waals surface area (Å²) in [7, 11) is 0. The number of aromatic nitrogens is 1. The van der Waals surface area contributed by atoms with Crippen LogP contribution in [0.15, 0.2) is 71.7 Å². The van der Waals surface area contributed by atoms with Gasteiger partial charge < -0.3 is 24.8 Å². The number of carbonyl (C=O) groups is 1. The molecule has 0 bridgehead atoms. The van der Waals surface area contributed by atoms with Crippen molar-refractivity contribution in [3.8, 4) is 0 Å². The number of carbonyl (C=O) groups excluding carboxylic acids is 1. The summed E-state index contributed by atoms with van der Waals surface area (Å²) in [6.45, 7) is 16.7. The van der Waals surface area contributed by atoms with E-state index in [1.165, 1.54) is 12.1 Å². The molecule has 3 heterocycles. The Morgan fingerprint density at radius 3 is 2.70 bits per heavy atom. The van der Waals surface area contributed by atoms with Crippen LogP contribution in [0.2, 0.25) is 0 Å². The largest absolute Gasteiger partial charge is 0.473 e. The number of piperidine rings is 1. The number of allylic oxidation sites excluding steroid dienone is 3. The fourth-order valence-electron chi connectivity index (χ4n) is 7.21. The van der Waals surface area contributed by atoms with Crippen molar-refractivity contribution >= 4 is 23.6 Å². The highest BCUT2D eigenvalue weighted by Crippen LogP contribution is 2.30. The molecular weight excluding hydrogens is 633 g/mol. The number of rotatable bonds is 15. The summed E-state index contributed by atoms with van der Waals surface area (Å²) < 4.78 is 31.2. The van der Waals surface area contributed by atoms with Crippen LogP contribution >= 0.6 is 0 Å². The van der Waals surface area contributed by atoms with Crippen LogP contribution in [0, 0.1) is 17.7 Å². The van der Waals surface area contributed by atoms with Crippen LogP contribution in [-0.4, -0.2) is 90.1 Å². The number of ether oxygens (including phenoxy) is 3. The number of benzene rings is 1. The number of nitrogens with two attached hydrogens (primary N) is 1. The van der Waals surface area contributed by atoms with Crippen LogP contribution < -0.4 is 5.73 Å². The normalized spacial score (nSPS) is 24.4. The fourth-order valence-corrected chi connectivity index (χ4v) is 7.21. The van der Waals surface area contributed by atoms with Crippen molar-refractivity contribution in [3.63, 3.8) is 0 Å². The zero-order valence-corrected chi connectivity index (χ0v) is 30.3. The van der Waals surface area contributed by atoms with Gasteiger partial charge in [0.1, 0.15) is 18.0 Å². The molecule has 5 atom stereocenters. The number of aliphatic imine (C=N–C) groups is 1. The lowest BCUT2D eigenvalue weighted by atomic mass is 9.86. The maximum Gasteiger partial charge on any atom is 0.313 e. The summed E-state index contributed by atoms with van der Waals surface area (Å²) >= 11 is 0. The van der Waals surface area contributed by atoms with Crippen molar-refractivity contribution in [2.75, 3.05) is 32.8 Å². The Bertz CT molecular complexity index is 1530. The standard InChI is InChI=1S/C40H56FN5O4/c1-6-32(46(26-33-18-22-48-33)37-23-29(11-14-35(37)42)39(47)50-40(2,3)4)25-45-20-16-28(17-21-45)9-7-8-10-38(43-5)49-27-30-15-19-44-36-24-31(41)12-13-34(30)36/h7-8,10-15,19,24,28-29,32-33,35,37H,5-6,9,16-18,20-23,25-27,42H2,1-4H3/b8-7-,38-10+. The van der Waals surface area contributed by atoms with Crippen molar-refractivity contribution < 1.29 is 23.4 Å². The van der Waals surface area contributed by atoms with E-state index in [0.29, 0.717) is 36.4 Å². The average molecular weight is 690 g/mol. The van der Waals surface area contributed by atoms with E-state index in [-0.39, 0.29) is 35.9 Å². The molecule has 2 fully saturated rings. The van der Waals surface area contributed by atoms with E-state index >= 15 is 0 Å². The molecular formula is C40H56FN5O4. The van der Waals surface area contributed by atoms with Gasteiger partial charge in [-0.2, -0.15) is 0 Å². The molecule has 5 unspecified atom stereocenters. The lowest BCUT2D eigenvalue weighted by Gasteiger charge is -2.47. The van der Waals surface area contributed by atoms with Gasteiger partial charge in [-0.1, -0.05) is 31.2 Å². The molecule has 5 rings (SSSR count). The topological polar surface area (TPSA) is 103 Å². The summed E-state index contributed by atoms with van der Waals surface area (Å²) in [5, 5.41) is 0.853. The SMILES string of the molecule is C=N/C(=C\C=C/CC1CCN(CC(CC)N(CC2CCO2)C2CC(C(=O)OC(C)(C)C)C=CC2N)CC1)OCc1ccnc2cc(F)ccc12. The van der Waals surface area contributed by atoms with Crippen molar-refractivity contribution in [2.45, 2.75) is 103 Å². The molecule has 0 spiro atoms. The first-order valence-electron chi connectivity index (χ1n) is 18.3. The molecule has 1 aromatic heterocycles. The minimum absolute atomic E-state index is 0.0509. The first-order valence-corrected chi connectivity index (χ1v) is 18.3. The van der Waals surface area contributed by atoms with Gasteiger partial charge in [0.25, 0.3) is 0 Å². The van der Waals surface area contributed by atoms with Crippen LogP contribution in [0.25, 0.3) is 10.9 Å². The highest BCUT2D eigenvalue weighted by molar-refractivity contribution is 5.81. The van der Waals surface area contributed by atoms with E-state index in [4.69, 9.17) is 19.9 Å². The number of hydrogen-bond donors (Lipinski definition) is 1. The maximum atomic E-state index is 13.6. The highest BCUT2D eigenvalue weighted by atomic mass is 19.1. The average Bonchev–Trinajstić information content (AvgIpc) is 3.07. The van der Waals surface area contributed by atoms with Gasteiger partial charge in [0, 0.05) is 61.0 Å². The molecule has 1 aromatic carbocycles. The van der Waals surface area contributed by atoms with E-state index in [1.807, 2.05) is 51.1 Å². The Balaban J connectivity index is 1.12. The predicted molar refractivity (Wildman–Crippen MR) is 197 cm³/mol. The predicted octanol–water partition coefficient (Wildman–Crippen LogP) is 6.57. The Labute approximate surface area is 297 Å². The minimum atomic E-state index is -0.522. The molecule has 0 amide bonds. The monoisotopic (exact) mass is 689 g/mol. The van der Waals surface area contributed by atoms with Crippen molar-refractivity contribution in [2.24, 2.45) is 22.6 Å². The number of hydrogen-bond acceptors (Lipinski definition) is 9. The first kappa shape index (κ1) is 37.8. The fraction of sp³-hybridized carbons (Fsp3) is 0.575. The molecule has 272 valence electrons. The molecule has 3 aliphatic rings. The Hall–Kier alpha value is -3.44. The van der Waals surface area contributed by atoms with Gasteiger partial charge in [-0.15, -0.1) is 0 Å². The van der Waals surface area contributed by atoms with Crippen LogP contribution in [0.3, 0.4) is 0 Å². The van der Waals surface area contributed by atoms with Crippen LogP contribution in [-0.2, 0) is 25.6 Å². The molecule has 0 saturated carbocycles. The molecule has 10 heteroatoms. The van der Waals surface area contributed by atoms with Gasteiger partial charge in [0.2, 0.25) is 5.88 Å². The third kappa shape index (κ3) is 10.5. The summed E-state index contributed by atoms with van der Waals surface area (Å²) in [5.41, 5.74) is 7.71. The first-order chi connectivity index (χ1) is 24.0. The zero-order valence-electron chi connectivity index (χ0n) is 30.3. The van der Waals surface area contributed by atoms with Crippen LogP contribution in [0.5, 0.6) is 0 Å². The van der Waals surface area contributed by atoms with E-state index in [9.17, 15) is 9.18 Å². The third-order valence-corrected chi connectivity index (χ3v) is 10.1. The smallest absolute Gasteiger partial charge is 0.313 e. The van der Waals surface area contributed by atoms with Gasteiger partial charge in [0.15, 0.2) is 0 Å². The minimum Gasteiger partial charge on any atom is -0.473 e. The van der Waals surface area contributed by atoms with Crippen LogP contribution in [0.4, 0.5) is 4.39 Å². The van der Waals surface area contributed by atoms with E-state index in [2.05, 4.69) is 39.5 Å². The quantitative estimate of drug-likeness (QED) is 0.0737. The summed E-state index contributed by atoms with van der Waals surface area (Å²) in [6.07, 6.45) is 17.9. The number of fused-ring (bicyclic) bond motifs is 1. The lowest BCUT2D eigenvalue weighted by Crippen LogP contribution is -2.59. The van der Waals surface area contributed by atoms with Gasteiger partial charge >= 0.3 is 5.97 Å². The number of pyridine rings is 1. The Kier molecular flexibility index (Phi) is 13.4. The zero-order chi connectivity index (χ0) is 35.7. The molecule has 2 aliphatic heterocycles. The number of nitrogens with zero attached hydrogens (tertiary/aromatic N) is 4. The number of likely N-dealkylation sites (tertiary alicyclic amines) is 1. The molecule has 1 aliphatic carbocycles. The lowest BCUT2D eigenvalue weighted by molar-refractivity contribution is -0.159. The Morgan fingerprint density at radius 1 is 1.24 bits per heavy atom. The summed E-state index contributed by atoms with van der Waals surface area (Å²) in [4.78, 5) is 26.5. The molecule has 0 radical (unpaired) electrons. The highest BCUT2D eigenvalue weighted by Gasteiger charge is 2.39. The summed E-state index contributed by atoms with van der Waals surface area (Å²) in [6, 6.07) is 6.68. The van der Waals surface area contributed by atoms with Crippen molar-refractivity contribution in [3.05, 3.63) is 78.1 Å². The molecule has 50 heavy (non-hydrogen) atoms. The van der Waals surface area contributed by atoms with Gasteiger partial charge in [-0.3, -0.25) is 14.7 Å². The van der Waals surface area contributed by atoms with E-state index < -0.39 is 5.60 Å². The second-order valence-corrected chi connectivity index (χ2v) is 14.9. The molecule has 2 N–H and O–H groups in total. The molecule has 9 nitrogen and oxygen atoms in total. The second-order valence-electron chi connectivity index (χ2n) is 14.9. The van der Waals surface area contributed by atoms with E-state index in [1.54, 1.807) is 12.3 Å². The third-order valence-electron chi connectivity index (χ3n) is 10.1. The Morgan fingerprint density at radius 2 is 2.02 bits per heavy atom. The van der Waals surface area contributed by atoms with E-state index in [0.717, 1.165) is 75.8 Å². The van der Waals surface area contributed by atoms with Gasteiger partial charge in [0.05, 0.1) is 17.5 Å². The number of esters is 1. The van der Waals surface area contributed by atoms with Crippen LogP contribution in [0.1, 0.15) is 71.8 Å². The number of halogens is 1. The maximum absolute atomic E-state index is 13.6. The molecule has 2 saturated heterocycles. The molecule has 2 aromatic rings. The summed E-state index contributed by atoms with van der Waals surface area (Å²) in [5.74, 6) is 0.279. The van der Waals surface area contributed by atoms with Crippen molar-refractivity contribution in [1.82, 2.24) is 14.8 Å². The van der Waals surface area contributed by atoms with Crippen molar-refractivity contribution in [1.29, 1.82) is 0 Å². The van der Waals surface area contributed by atoms with Gasteiger partial charge in [-0.05, 0) is 109 Å². The van der Waals surface area contributed by atoms with Gasteiger partial charge in [-0.25, -0.2) is 9.38 Å². The second kappa shape index (κ2) is 17.7.